The number of amides is 1. The maximum atomic E-state index is 11.7. The average molecular weight is 266 g/mol. The fourth-order valence-electron chi connectivity index (χ4n) is 2.44. The fraction of sp³-hybridized carbons (Fsp3) is 0.769. The second kappa shape index (κ2) is 5.59. The summed E-state index contributed by atoms with van der Waals surface area (Å²) in [5, 5.41) is 10.7. The fourth-order valence-corrected chi connectivity index (χ4v) is 2.44. The molecular formula is C13H22N4O2. The molecule has 0 unspecified atom stereocenters. The molecule has 1 heterocycles. The van der Waals surface area contributed by atoms with Gasteiger partial charge in [-0.05, 0) is 46.0 Å². The summed E-state index contributed by atoms with van der Waals surface area (Å²) < 4.78 is 7.11. The van der Waals surface area contributed by atoms with Gasteiger partial charge in [-0.2, -0.15) is 0 Å². The van der Waals surface area contributed by atoms with Gasteiger partial charge in [-0.3, -0.25) is 4.68 Å². The summed E-state index contributed by atoms with van der Waals surface area (Å²) in [6.45, 7) is 6.48. The maximum Gasteiger partial charge on any atom is 0.407 e. The van der Waals surface area contributed by atoms with E-state index in [-0.39, 0.29) is 12.1 Å². The minimum Gasteiger partial charge on any atom is -0.444 e. The molecule has 1 aromatic rings. The van der Waals surface area contributed by atoms with E-state index in [0.717, 1.165) is 25.8 Å². The van der Waals surface area contributed by atoms with E-state index < -0.39 is 5.60 Å². The monoisotopic (exact) mass is 266 g/mol. The third kappa shape index (κ3) is 4.54. The molecule has 1 N–H and O–H groups in total. The van der Waals surface area contributed by atoms with Crippen LogP contribution in [0.25, 0.3) is 0 Å². The minimum absolute atomic E-state index is 0.211. The van der Waals surface area contributed by atoms with Crippen molar-refractivity contribution in [2.45, 2.75) is 58.2 Å². The van der Waals surface area contributed by atoms with Crippen LogP contribution in [0.5, 0.6) is 0 Å². The van der Waals surface area contributed by atoms with Gasteiger partial charge in [-0.15, -0.1) is 5.10 Å². The zero-order chi connectivity index (χ0) is 13.9. The second-order valence-corrected chi connectivity index (χ2v) is 6.15. The van der Waals surface area contributed by atoms with Crippen molar-refractivity contribution in [1.29, 1.82) is 0 Å². The van der Waals surface area contributed by atoms with Crippen LogP contribution >= 0.6 is 0 Å². The normalized spacial score (nSPS) is 23.3. The molecule has 6 heteroatoms. The Bertz CT molecular complexity index is 411. The van der Waals surface area contributed by atoms with Crippen molar-refractivity contribution in [1.82, 2.24) is 20.3 Å². The summed E-state index contributed by atoms with van der Waals surface area (Å²) in [6.07, 6.45) is 6.30. The second-order valence-electron chi connectivity index (χ2n) is 6.15. The van der Waals surface area contributed by atoms with Gasteiger partial charge in [0, 0.05) is 18.8 Å². The Kier molecular flexibility index (Phi) is 4.07. The summed E-state index contributed by atoms with van der Waals surface area (Å²) in [6, 6.07) is 0.211. The Balaban J connectivity index is 1.74. The smallest absolute Gasteiger partial charge is 0.407 e. The summed E-state index contributed by atoms with van der Waals surface area (Å²) >= 11 is 0. The number of alkyl carbamates (subject to hydrolysis) is 1. The van der Waals surface area contributed by atoms with Crippen molar-refractivity contribution >= 4 is 6.09 Å². The van der Waals surface area contributed by atoms with E-state index in [4.69, 9.17) is 4.74 Å². The van der Waals surface area contributed by atoms with Gasteiger partial charge in [0.2, 0.25) is 0 Å². The third-order valence-electron chi connectivity index (χ3n) is 3.18. The molecule has 106 valence electrons. The molecule has 0 saturated heterocycles. The molecule has 0 spiro atoms. The highest BCUT2D eigenvalue weighted by Crippen LogP contribution is 2.27. The molecular weight excluding hydrogens is 244 g/mol. The molecule has 19 heavy (non-hydrogen) atoms. The predicted octanol–water partition coefficient (Wildman–Crippen LogP) is 1.97. The van der Waals surface area contributed by atoms with Crippen LogP contribution in [-0.2, 0) is 11.3 Å². The van der Waals surface area contributed by atoms with Gasteiger partial charge in [0.05, 0.1) is 6.20 Å². The van der Waals surface area contributed by atoms with Crippen LogP contribution in [0.4, 0.5) is 4.79 Å². The Morgan fingerprint density at radius 2 is 2.26 bits per heavy atom. The number of nitrogens with one attached hydrogen (secondary N) is 1. The van der Waals surface area contributed by atoms with Crippen LogP contribution in [0.1, 0.15) is 40.0 Å². The molecule has 0 aromatic carbocycles. The first-order valence-electron chi connectivity index (χ1n) is 6.76. The molecule has 0 radical (unpaired) electrons. The topological polar surface area (TPSA) is 69.0 Å². The summed E-state index contributed by atoms with van der Waals surface area (Å²) in [5.74, 6) is 0.543. The predicted molar refractivity (Wildman–Crippen MR) is 70.5 cm³/mol. The molecule has 1 amide bonds. The summed E-state index contributed by atoms with van der Waals surface area (Å²) in [7, 11) is 0. The first-order valence-corrected chi connectivity index (χ1v) is 6.76. The molecule has 0 aliphatic heterocycles. The van der Waals surface area contributed by atoms with Crippen LogP contribution in [-0.4, -0.2) is 32.7 Å². The van der Waals surface area contributed by atoms with Gasteiger partial charge in [0.15, 0.2) is 0 Å². The Morgan fingerprint density at radius 1 is 1.47 bits per heavy atom. The lowest BCUT2D eigenvalue weighted by atomic mass is 10.1. The third-order valence-corrected chi connectivity index (χ3v) is 3.18. The number of rotatable bonds is 3. The molecule has 6 nitrogen and oxygen atoms in total. The van der Waals surface area contributed by atoms with E-state index in [9.17, 15) is 4.79 Å². The van der Waals surface area contributed by atoms with Gasteiger partial charge in [0.25, 0.3) is 0 Å². The lowest BCUT2D eigenvalue weighted by Gasteiger charge is -2.21. The van der Waals surface area contributed by atoms with Gasteiger partial charge in [-0.1, -0.05) is 5.21 Å². The van der Waals surface area contributed by atoms with Crippen molar-refractivity contribution in [2.24, 2.45) is 5.92 Å². The molecule has 1 saturated carbocycles. The highest BCUT2D eigenvalue weighted by Gasteiger charge is 2.27. The largest absolute Gasteiger partial charge is 0.444 e. The van der Waals surface area contributed by atoms with Gasteiger partial charge in [0.1, 0.15) is 5.60 Å². The number of ether oxygens (including phenoxy) is 1. The lowest BCUT2D eigenvalue weighted by Crippen LogP contribution is -2.38. The minimum atomic E-state index is -0.442. The van der Waals surface area contributed by atoms with Crippen LogP contribution in [0, 0.1) is 5.92 Å². The van der Waals surface area contributed by atoms with E-state index in [1.54, 1.807) is 6.20 Å². The van der Waals surface area contributed by atoms with Crippen LogP contribution in [0.2, 0.25) is 0 Å². The van der Waals surface area contributed by atoms with Crippen molar-refractivity contribution in [2.75, 3.05) is 0 Å². The molecule has 1 aliphatic rings. The number of hydrogen-bond donors (Lipinski definition) is 1. The summed E-state index contributed by atoms with van der Waals surface area (Å²) in [4.78, 5) is 11.7. The zero-order valence-electron chi connectivity index (χ0n) is 11.8. The molecule has 1 fully saturated rings. The number of hydrogen-bond acceptors (Lipinski definition) is 4. The van der Waals surface area contributed by atoms with Gasteiger partial charge in [-0.25, -0.2) is 4.79 Å². The first-order chi connectivity index (χ1) is 8.92. The van der Waals surface area contributed by atoms with Crippen molar-refractivity contribution in [3.05, 3.63) is 12.4 Å². The van der Waals surface area contributed by atoms with Crippen molar-refractivity contribution in [3.63, 3.8) is 0 Å². The van der Waals surface area contributed by atoms with E-state index in [1.165, 1.54) is 0 Å². The van der Waals surface area contributed by atoms with E-state index in [2.05, 4.69) is 15.6 Å². The zero-order valence-corrected chi connectivity index (χ0v) is 11.8. The Labute approximate surface area is 113 Å². The number of nitrogens with zero attached hydrogens (tertiary/aromatic N) is 3. The van der Waals surface area contributed by atoms with Crippen LogP contribution < -0.4 is 5.32 Å². The number of carbonyl (C=O) groups excluding carboxylic acids is 1. The quantitative estimate of drug-likeness (QED) is 0.908. The standard InChI is InChI=1S/C13H22N4O2/c1-13(2,3)19-12(18)15-11-5-4-10(8-11)9-17-7-6-14-16-17/h6-7,10-11H,4-5,8-9H2,1-3H3,(H,15,18)/t10-,11+/m1/s1. The molecule has 2 atom stereocenters. The Hall–Kier alpha value is -1.59. The number of aromatic nitrogens is 3. The highest BCUT2D eigenvalue weighted by molar-refractivity contribution is 5.68. The van der Waals surface area contributed by atoms with Crippen LogP contribution in [0.15, 0.2) is 12.4 Å². The molecule has 1 aromatic heterocycles. The first kappa shape index (κ1) is 13.8. The van der Waals surface area contributed by atoms with E-state index in [0.29, 0.717) is 5.92 Å². The van der Waals surface area contributed by atoms with Crippen molar-refractivity contribution in [3.8, 4) is 0 Å². The van der Waals surface area contributed by atoms with Gasteiger partial charge < -0.3 is 10.1 Å². The van der Waals surface area contributed by atoms with Gasteiger partial charge >= 0.3 is 6.09 Å². The van der Waals surface area contributed by atoms with E-state index in [1.807, 2.05) is 31.6 Å². The average Bonchev–Trinajstić information content (AvgIpc) is 2.88. The molecule has 2 rings (SSSR count). The SMILES string of the molecule is CC(C)(C)OC(=O)N[C@H]1CC[C@@H](Cn2ccnn2)C1. The lowest BCUT2D eigenvalue weighted by molar-refractivity contribution is 0.0504. The summed E-state index contributed by atoms with van der Waals surface area (Å²) in [5.41, 5.74) is -0.442. The Morgan fingerprint density at radius 3 is 2.89 bits per heavy atom. The highest BCUT2D eigenvalue weighted by atomic mass is 16.6. The maximum absolute atomic E-state index is 11.7. The molecule has 0 bridgehead atoms. The molecule has 1 aliphatic carbocycles. The van der Waals surface area contributed by atoms with E-state index >= 15 is 0 Å². The van der Waals surface area contributed by atoms with Crippen molar-refractivity contribution < 1.29 is 9.53 Å². The number of carbonyl (C=O) groups is 1. The van der Waals surface area contributed by atoms with Crippen LogP contribution in [0.3, 0.4) is 0 Å².